The second-order valence-corrected chi connectivity index (χ2v) is 12.2. The van der Waals surface area contributed by atoms with Crippen LogP contribution in [-0.4, -0.2) is 21.0 Å². The number of hydrogen-bond donors (Lipinski definition) is 1. The van der Waals surface area contributed by atoms with E-state index in [1.165, 1.54) is 10.4 Å². The van der Waals surface area contributed by atoms with Crippen LogP contribution >= 0.6 is 0 Å². The minimum atomic E-state index is -2.39. The zero-order valence-corrected chi connectivity index (χ0v) is 17.2. The lowest BCUT2D eigenvalue weighted by atomic mass is 10.1. The highest BCUT2D eigenvalue weighted by atomic mass is 28.4. The fourth-order valence-corrected chi connectivity index (χ4v) is 8.22. The van der Waals surface area contributed by atoms with E-state index < -0.39 is 8.32 Å². The molecule has 2 rings (SSSR count). The van der Waals surface area contributed by atoms with Crippen molar-refractivity contribution in [2.75, 3.05) is 6.61 Å². The standard InChI is InChI=1S/C22H33NOSi/c1-5-12-19(23)17-18-24-25(22(2,3)4,20-13-8-6-9-14-20)21-15-10-7-11-16-21/h6-11,13-16,19H,5,12,17-18,23H2,1-4H3/t19-/m0/s1. The molecule has 0 aliphatic heterocycles. The Labute approximate surface area is 154 Å². The summed E-state index contributed by atoms with van der Waals surface area (Å²) in [5.41, 5.74) is 6.24. The first-order chi connectivity index (χ1) is 11.9. The monoisotopic (exact) mass is 355 g/mol. The average molecular weight is 356 g/mol. The highest BCUT2D eigenvalue weighted by Gasteiger charge is 2.49. The maximum atomic E-state index is 6.84. The molecule has 0 amide bonds. The molecule has 3 heteroatoms. The smallest absolute Gasteiger partial charge is 0.261 e. The third-order valence-electron chi connectivity index (χ3n) is 4.88. The van der Waals surface area contributed by atoms with Gasteiger partial charge in [0.25, 0.3) is 8.32 Å². The third-order valence-corrected chi connectivity index (χ3v) is 9.93. The molecule has 0 fully saturated rings. The number of hydrogen-bond acceptors (Lipinski definition) is 2. The van der Waals surface area contributed by atoms with Gasteiger partial charge in [-0.1, -0.05) is 94.8 Å². The van der Waals surface area contributed by atoms with Crippen LogP contribution in [0.4, 0.5) is 0 Å². The van der Waals surface area contributed by atoms with Crippen molar-refractivity contribution in [3.05, 3.63) is 60.7 Å². The van der Waals surface area contributed by atoms with Gasteiger partial charge < -0.3 is 10.2 Å². The topological polar surface area (TPSA) is 35.2 Å². The van der Waals surface area contributed by atoms with E-state index in [1.807, 2.05) is 0 Å². The molecule has 2 aromatic carbocycles. The van der Waals surface area contributed by atoms with Crippen LogP contribution in [0.15, 0.2) is 60.7 Å². The van der Waals surface area contributed by atoms with Gasteiger partial charge in [-0.15, -0.1) is 0 Å². The Bertz CT molecular complexity index is 582. The molecule has 0 unspecified atom stereocenters. The summed E-state index contributed by atoms with van der Waals surface area (Å²) < 4.78 is 6.84. The Morgan fingerprint density at radius 2 is 1.36 bits per heavy atom. The van der Waals surface area contributed by atoms with Crippen LogP contribution in [-0.2, 0) is 4.43 Å². The van der Waals surface area contributed by atoms with Crippen molar-refractivity contribution in [2.45, 2.75) is 58.0 Å². The molecule has 0 aliphatic rings. The van der Waals surface area contributed by atoms with Gasteiger partial charge >= 0.3 is 0 Å². The summed E-state index contributed by atoms with van der Waals surface area (Å²) in [6.45, 7) is 9.83. The first kappa shape index (κ1) is 19.9. The Morgan fingerprint density at radius 3 is 1.76 bits per heavy atom. The molecule has 25 heavy (non-hydrogen) atoms. The minimum Gasteiger partial charge on any atom is -0.407 e. The zero-order valence-electron chi connectivity index (χ0n) is 16.2. The Morgan fingerprint density at radius 1 is 0.880 bits per heavy atom. The molecule has 2 N–H and O–H groups in total. The summed E-state index contributed by atoms with van der Waals surface area (Å²) in [6.07, 6.45) is 3.10. The van der Waals surface area contributed by atoms with Crippen molar-refractivity contribution in [1.82, 2.24) is 0 Å². The lowest BCUT2D eigenvalue weighted by molar-refractivity contribution is 0.277. The molecule has 0 aliphatic carbocycles. The van der Waals surface area contributed by atoms with Gasteiger partial charge in [-0.25, -0.2) is 0 Å². The molecule has 0 heterocycles. The number of rotatable bonds is 8. The molecular weight excluding hydrogens is 322 g/mol. The van der Waals surface area contributed by atoms with E-state index in [2.05, 4.69) is 88.4 Å². The SMILES string of the molecule is CCC[C@H](N)CCO[Si](c1ccccc1)(c1ccccc1)C(C)(C)C. The molecule has 0 spiro atoms. The van der Waals surface area contributed by atoms with Crippen LogP contribution in [0.5, 0.6) is 0 Å². The molecule has 2 nitrogen and oxygen atoms in total. The van der Waals surface area contributed by atoms with Crippen LogP contribution in [0.2, 0.25) is 5.04 Å². The average Bonchev–Trinajstić information content (AvgIpc) is 2.59. The van der Waals surface area contributed by atoms with Crippen LogP contribution < -0.4 is 16.1 Å². The summed E-state index contributed by atoms with van der Waals surface area (Å²) in [5.74, 6) is 0. The van der Waals surface area contributed by atoms with E-state index >= 15 is 0 Å². The van der Waals surface area contributed by atoms with Gasteiger partial charge in [0.1, 0.15) is 0 Å². The molecule has 1 atom stereocenters. The predicted octanol–water partition coefficient (Wildman–Crippen LogP) is 4.08. The second-order valence-electron chi connectivity index (χ2n) is 7.85. The van der Waals surface area contributed by atoms with Crippen molar-refractivity contribution in [2.24, 2.45) is 5.73 Å². The maximum absolute atomic E-state index is 6.84. The molecule has 0 bridgehead atoms. The summed E-state index contributed by atoms with van der Waals surface area (Å²) in [5, 5.41) is 2.69. The lowest BCUT2D eigenvalue weighted by Crippen LogP contribution is -2.66. The second kappa shape index (κ2) is 8.79. The predicted molar refractivity (Wildman–Crippen MR) is 111 cm³/mol. The molecule has 0 radical (unpaired) electrons. The van der Waals surface area contributed by atoms with E-state index in [1.54, 1.807) is 0 Å². The van der Waals surface area contributed by atoms with Crippen molar-refractivity contribution in [3.8, 4) is 0 Å². The van der Waals surface area contributed by atoms with Crippen LogP contribution in [0.1, 0.15) is 47.0 Å². The highest BCUT2D eigenvalue weighted by Crippen LogP contribution is 2.36. The summed E-state index contributed by atoms with van der Waals surface area (Å²) in [7, 11) is -2.39. The Hall–Kier alpha value is -1.42. The van der Waals surface area contributed by atoms with E-state index in [-0.39, 0.29) is 11.1 Å². The normalized spacial score (nSPS) is 13.6. The Balaban J connectivity index is 2.42. The van der Waals surface area contributed by atoms with Gasteiger partial charge in [0.05, 0.1) is 0 Å². The first-order valence-electron chi connectivity index (χ1n) is 9.42. The first-order valence-corrected chi connectivity index (χ1v) is 11.3. The maximum Gasteiger partial charge on any atom is 0.261 e. The van der Waals surface area contributed by atoms with Crippen LogP contribution in [0.25, 0.3) is 0 Å². The largest absolute Gasteiger partial charge is 0.407 e. The fraction of sp³-hybridized carbons (Fsp3) is 0.455. The fourth-order valence-electron chi connectivity index (χ4n) is 3.64. The molecule has 0 aromatic heterocycles. The number of benzene rings is 2. The highest BCUT2D eigenvalue weighted by molar-refractivity contribution is 6.99. The van der Waals surface area contributed by atoms with Gasteiger partial charge in [0, 0.05) is 12.6 Å². The molecule has 2 aromatic rings. The van der Waals surface area contributed by atoms with E-state index in [0.717, 1.165) is 19.3 Å². The Kier molecular flexibility index (Phi) is 7.00. The summed E-state index contributed by atoms with van der Waals surface area (Å²) in [4.78, 5) is 0. The van der Waals surface area contributed by atoms with Crippen molar-refractivity contribution < 1.29 is 4.43 Å². The van der Waals surface area contributed by atoms with E-state index in [9.17, 15) is 0 Å². The lowest BCUT2D eigenvalue weighted by Gasteiger charge is -2.43. The molecule has 0 saturated carbocycles. The van der Waals surface area contributed by atoms with Gasteiger partial charge in [-0.2, -0.15) is 0 Å². The third kappa shape index (κ3) is 4.60. The summed E-state index contributed by atoms with van der Waals surface area (Å²) >= 11 is 0. The van der Waals surface area contributed by atoms with Gasteiger partial charge in [0.15, 0.2) is 0 Å². The molecular formula is C22H33NOSi. The van der Waals surface area contributed by atoms with Crippen molar-refractivity contribution >= 4 is 18.7 Å². The minimum absolute atomic E-state index is 0.0323. The van der Waals surface area contributed by atoms with Crippen molar-refractivity contribution in [3.63, 3.8) is 0 Å². The van der Waals surface area contributed by atoms with Gasteiger partial charge in [-0.05, 0) is 28.3 Å². The molecule has 0 saturated heterocycles. The summed E-state index contributed by atoms with van der Waals surface area (Å²) in [6, 6.07) is 21.8. The van der Waals surface area contributed by atoms with E-state index in [4.69, 9.17) is 10.2 Å². The van der Waals surface area contributed by atoms with Gasteiger partial charge in [0.2, 0.25) is 0 Å². The van der Waals surface area contributed by atoms with Gasteiger partial charge in [-0.3, -0.25) is 0 Å². The van der Waals surface area contributed by atoms with Crippen LogP contribution in [0, 0.1) is 0 Å². The van der Waals surface area contributed by atoms with E-state index in [0.29, 0.717) is 6.61 Å². The quantitative estimate of drug-likeness (QED) is 0.724. The van der Waals surface area contributed by atoms with Crippen LogP contribution in [0.3, 0.4) is 0 Å². The molecule has 136 valence electrons. The number of nitrogens with two attached hydrogens (primary N) is 1. The van der Waals surface area contributed by atoms with Crippen molar-refractivity contribution in [1.29, 1.82) is 0 Å². The zero-order chi connectivity index (χ0) is 18.3.